The van der Waals surface area contributed by atoms with Crippen LogP contribution in [0.5, 0.6) is 0 Å². The summed E-state index contributed by atoms with van der Waals surface area (Å²) in [5.41, 5.74) is 2.77. The molecule has 0 bridgehead atoms. The van der Waals surface area contributed by atoms with Gasteiger partial charge in [0.25, 0.3) is 0 Å². The Morgan fingerprint density at radius 3 is 2.54 bits per heavy atom. The molecule has 2 N–H and O–H groups in total. The molecule has 0 heterocycles. The van der Waals surface area contributed by atoms with E-state index in [0.717, 1.165) is 32.0 Å². The molecule has 1 saturated carbocycles. The Bertz CT molecular complexity index is 601. The molecule has 1 fully saturated rings. The molecule has 1 amide bonds. The first-order valence-corrected chi connectivity index (χ1v) is 9.48. The minimum atomic E-state index is 0. The fourth-order valence-corrected chi connectivity index (χ4v) is 3.19. The van der Waals surface area contributed by atoms with Crippen molar-refractivity contribution >= 4 is 35.8 Å². The molecule has 0 radical (unpaired) electrons. The number of halogens is 1. The summed E-state index contributed by atoms with van der Waals surface area (Å²) < 4.78 is 0. The highest BCUT2D eigenvalue weighted by Gasteiger charge is 2.39. The third-order valence-electron chi connectivity index (χ3n) is 4.76. The number of carbonyl (C=O) groups is 1. The van der Waals surface area contributed by atoms with Gasteiger partial charge in [-0.3, -0.25) is 9.79 Å². The second kappa shape index (κ2) is 11.4. The monoisotopic (exact) mass is 472 g/mol. The smallest absolute Gasteiger partial charge is 0.224 e. The number of nitrogens with zero attached hydrogens (tertiary/aromatic N) is 2. The Morgan fingerprint density at radius 1 is 1.23 bits per heavy atom. The number of hydrogen-bond donors (Lipinski definition) is 2. The van der Waals surface area contributed by atoms with Gasteiger partial charge in [-0.25, -0.2) is 0 Å². The minimum Gasteiger partial charge on any atom is -0.357 e. The topological polar surface area (TPSA) is 56.7 Å². The molecule has 26 heavy (non-hydrogen) atoms. The van der Waals surface area contributed by atoms with Crippen molar-refractivity contribution in [3.63, 3.8) is 0 Å². The van der Waals surface area contributed by atoms with Gasteiger partial charge in [0.05, 0.1) is 6.54 Å². The normalized spacial score (nSPS) is 18.7. The number of guanidine groups is 1. The first-order valence-electron chi connectivity index (χ1n) is 9.48. The van der Waals surface area contributed by atoms with Crippen molar-refractivity contribution in [2.24, 2.45) is 4.99 Å². The van der Waals surface area contributed by atoms with Crippen LogP contribution in [-0.2, 0) is 4.79 Å². The SMILES string of the molecule is CCNC(=NCCC(=O)N(CC)CC)NC1CC1c1ccccc1C.I. The largest absolute Gasteiger partial charge is 0.357 e. The molecule has 2 atom stereocenters. The number of amides is 1. The van der Waals surface area contributed by atoms with Crippen LogP contribution in [0.15, 0.2) is 29.3 Å². The zero-order valence-corrected chi connectivity index (χ0v) is 18.7. The second-order valence-corrected chi connectivity index (χ2v) is 6.53. The fourth-order valence-electron chi connectivity index (χ4n) is 3.19. The summed E-state index contributed by atoms with van der Waals surface area (Å²) in [7, 11) is 0. The summed E-state index contributed by atoms with van der Waals surface area (Å²) in [5, 5.41) is 6.80. The van der Waals surface area contributed by atoms with E-state index in [9.17, 15) is 4.79 Å². The number of aliphatic imine (C=N–C) groups is 1. The van der Waals surface area contributed by atoms with Crippen LogP contribution in [-0.4, -0.2) is 49.0 Å². The van der Waals surface area contributed by atoms with Crippen LogP contribution in [0.2, 0.25) is 0 Å². The quantitative estimate of drug-likeness (QED) is 0.347. The Morgan fingerprint density at radius 2 is 1.92 bits per heavy atom. The van der Waals surface area contributed by atoms with Crippen LogP contribution >= 0.6 is 24.0 Å². The molecule has 1 aromatic rings. The highest BCUT2D eigenvalue weighted by Crippen LogP contribution is 2.41. The van der Waals surface area contributed by atoms with Crippen molar-refractivity contribution in [1.82, 2.24) is 15.5 Å². The maximum Gasteiger partial charge on any atom is 0.224 e. The van der Waals surface area contributed by atoms with Gasteiger partial charge in [0.15, 0.2) is 5.96 Å². The summed E-state index contributed by atoms with van der Waals surface area (Å²) in [6.45, 7) is 11.1. The standard InChI is InChI=1S/C20H32N4O.HI/c1-5-21-20(22-13-12-19(25)24(6-2)7-3)23-18-14-17(18)16-11-9-8-10-15(16)4;/h8-11,17-18H,5-7,12-14H2,1-4H3,(H2,21,22,23);1H. The summed E-state index contributed by atoms with van der Waals surface area (Å²) in [4.78, 5) is 18.5. The molecule has 6 heteroatoms. The number of benzene rings is 1. The van der Waals surface area contributed by atoms with E-state index in [1.807, 2.05) is 18.7 Å². The van der Waals surface area contributed by atoms with Gasteiger partial charge in [0.2, 0.25) is 5.91 Å². The van der Waals surface area contributed by atoms with Crippen LogP contribution in [0.1, 0.15) is 50.7 Å². The van der Waals surface area contributed by atoms with Gasteiger partial charge in [-0.1, -0.05) is 24.3 Å². The Kier molecular flexibility index (Phi) is 9.98. The van der Waals surface area contributed by atoms with Crippen molar-refractivity contribution in [2.75, 3.05) is 26.2 Å². The molecule has 1 aliphatic carbocycles. The fraction of sp³-hybridized carbons (Fsp3) is 0.600. The van der Waals surface area contributed by atoms with Gasteiger partial charge in [-0.2, -0.15) is 0 Å². The lowest BCUT2D eigenvalue weighted by molar-refractivity contribution is -0.130. The van der Waals surface area contributed by atoms with E-state index in [0.29, 0.717) is 24.9 Å². The van der Waals surface area contributed by atoms with Crippen LogP contribution in [0, 0.1) is 6.92 Å². The Labute approximate surface area is 175 Å². The molecule has 0 saturated heterocycles. The summed E-state index contributed by atoms with van der Waals surface area (Å²) in [5.74, 6) is 1.55. The lowest BCUT2D eigenvalue weighted by Crippen LogP contribution is -2.39. The molecule has 5 nitrogen and oxygen atoms in total. The molecule has 1 aliphatic rings. The number of carbonyl (C=O) groups excluding carboxylic acids is 1. The van der Waals surface area contributed by atoms with Crippen molar-refractivity contribution in [2.45, 2.75) is 52.5 Å². The third-order valence-corrected chi connectivity index (χ3v) is 4.76. The first kappa shape index (κ1) is 22.7. The predicted octanol–water partition coefficient (Wildman–Crippen LogP) is 3.28. The molecular weight excluding hydrogens is 439 g/mol. The van der Waals surface area contributed by atoms with Gasteiger partial charge in [-0.15, -0.1) is 24.0 Å². The third kappa shape index (κ3) is 6.45. The Balaban J connectivity index is 0.00000338. The highest BCUT2D eigenvalue weighted by atomic mass is 127. The van der Waals surface area contributed by atoms with E-state index in [1.54, 1.807) is 0 Å². The average molecular weight is 472 g/mol. The lowest BCUT2D eigenvalue weighted by Gasteiger charge is -2.18. The molecular formula is C20H33IN4O. The second-order valence-electron chi connectivity index (χ2n) is 6.53. The average Bonchev–Trinajstić information content (AvgIpc) is 3.35. The molecule has 2 rings (SSSR count). The number of rotatable bonds is 8. The van der Waals surface area contributed by atoms with E-state index in [4.69, 9.17) is 0 Å². The lowest BCUT2D eigenvalue weighted by atomic mass is 10.0. The van der Waals surface area contributed by atoms with Crippen molar-refractivity contribution < 1.29 is 4.79 Å². The maximum atomic E-state index is 12.1. The zero-order valence-electron chi connectivity index (χ0n) is 16.4. The van der Waals surface area contributed by atoms with E-state index < -0.39 is 0 Å². The van der Waals surface area contributed by atoms with E-state index >= 15 is 0 Å². The minimum absolute atomic E-state index is 0. The molecule has 0 aliphatic heterocycles. The maximum absolute atomic E-state index is 12.1. The summed E-state index contributed by atoms with van der Waals surface area (Å²) in [6.07, 6.45) is 1.60. The van der Waals surface area contributed by atoms with Crippen LogP contribution in [0.4, 0.5) is 0 Å². The first-order chi connectivity index (χ1) is 12.1. The van der Waals surface area contributed by atoms with Gasteiger partial charge < -0.3 is 15.5 Å². The Hall–Kier alpha value is -1.31. The number of aryl methyl sites for hydroxylation is 1. The van der Waals surface area contributed by atoms with Crippen LogP contribution in [0.25, 0.3) is 0 Å². The van der Waals surface area contributed by atoms with Crippen molar-refractivity contribution in [1.29, 1.82) is 0 Å². The molecule has 2 unspecified atom stereocenters. The van der Waals surface area contributed by atoms with Gasteiger partial charge in [-0.05, 0) is 45.2 Å². The molecule has 1 aromatic carbocycles. The van der Waals surface area contributed by atoms with Crippen molar-refractivity contribution in [3.05, 3.63) is 35.4 Å². The van der Waals surface area contributed by atoms with E-state index in [-0.39, 0.29) is 29.9 Å². The van der Waals surface area contributed by atoms with Crippen LogP contribution in [0.3, 0.4) is 0 Å². The van der Waals surface area contributed by atoms with Gasteiger partial charge >= 0.3 is 0 Å². The predicted molar refractivity (Wildman–Crippen MR) is 119 cm³/mol. The summed E-state index contributed by atoms with van der Waals surface area (Å²) >= 11 is 0. The molecule has 146 valence electrons. The molecule has 0 spiro atoms. The van der Waals surface area contributed by atoms with Crippen molar-refractivity contribution in [3.8, 4) is 0 Å². The summed E-state index contributed by atoms with van der Waals surface area (Å²) in [6, 6.07) is 9.01. The van der Waals surface area contributed by atoms with Gasteiger partial charge in [0.1, 0.15) is 0 Å². The number of nitrogens with one attached hydrogen (secondary N) is 2. The van der Waals surface area contributed by atoms with Crippen LogP contribution < -0.4 is 10.6 Å². The molecule has 0 aromatic heterocycles. The van der Waals surface area contributed by atoms with E-state index in [1.165, 1.54) is 11.1 Å². The van der Waals surface area contributed by atoms with Gasteiger partial charge in [0, 0.05) is 38.0 Å². The number of hydrogen-bond acceptors (Lipinski definition) is 2. The zero-order chi connectivity index (χ0) is 18.2. The highest BCUT2D eigenvalue weighted by molar-refractivity contribution is 14.0. The van der Waals surface area contributed by atoms with E-state index in [2.05, 4.69) is 53.7 Å².